The molecular weight excluding hydrogens is 372 g/mol. The van der Waals surface area contributed by atoms with Crippen molar-refractivity contribution < 1.29 is 14.3 Å². The van der Waals surface area contributed by atoms with Crippen LogP contribution in [0.2, 0.25) is 0 Å². The number of rotatable bonds is 5. The molecule has 1 N–H and O–H groups in total. The maximum Gasteiger partial charge on any atom is 0.255 e. The largest absolute Gasteiger partial charge is 0.497 e. The molecule has 4 rings (SSSR count). The molecule has 1 fully saturated rings. The number of anilines is 2. The van der Waals surface area contributed by atoms with Gasteiger partial charge in [-0.05, 0) is 65.2 Å². The van der Waals surface area contributed by atoms with E-state index in [1.165, 1.54) is 11.3 Å². The standard InChI is InChI=1S/C22H20N2O3S/c1-15-5-3-4-6-19(15)23-21(26)22(16-11-12-28-14-16)13-20(25)24(22)17-7-9-18(27-2)10-8-17/h3-12,14H,13H2,1-2H3,(H,23,26)/t22-/m1/s1. The second-order valence-corrected chi connectivity index (χ2v) is 7.53. The summed E-state index contributed by atoms with van der Waals surface area (Å²) in [5, 5.41) is 6.89. The van der Waals surface area contributed by atoms with Crippen LogP contribution >= 0.6 is 11.3 Å². The van der Waals surface area contributed by atoms with Gasteiger partial charge in [0.25, 0.3) is 5.91 Å². The third-order valence-corrected chi connectivity index (χ3v) is 5.82. The summed E-state index contributed by atoms with van der Waals surface area (Å²) < 4.78 is 5.21. The topological polar surface area (TPSA) is 58.6 Å². The number of thiophene rings is 1. The Morgan fingerprint density at radius 2 is 1.89 bits per heavy atom. The lowest BCUT2D eigenvalue weighted by molar-refractivity contribution is -0.137. The molecule has 0 bridgehead atoms. The Bertz CT molecular complexity index is 1010. The number of carbonyl (C=O) groups excluding carboxylic acids is 2. The molecular formula is C22H20N2O3S. The molecule has 6 heteroatoms. The minimum Gasteiger partial charge on any atom is -0.497 e. The fraction of sp³-hybridized carbons (Fsp3) is 0.182. The molecule has 2 amide bonds. The summed E-state index contributed by atoms with van der Waals surface area (Å²) in [4.78, 5) is 27.7. The van der Waals surface area contributed by atoms with Gasteiger partial charge >= 0.3 is 0 Å². The number of β-lactam (4-membered cyclic amide) rings is 1. The van der Waals surface area contributed by atoms with Crippen LogP contribution in [0.25, 0.3) is 0 Å². The van der Waals surface area contributed by atoms with E-state index in [9.17, 15) is 9.59 Å². The first-order valence-corrected chi connectivity index (χ1v) is 9.87. The number of benzene rings is 2. The number of methoxy groups -OCH3 is 1. The van der Waals surface area contributed by atoms with Crippen LogP contribution in [-0.2, 0) is 15.1 Å². The Kier molecular flexibility index (Phi) is 4.65. The van der Waals surface area contributed by atoms with Crippen LogP contribution in [0.1, 0.15) is 17.5 Å². The van der Waals surface area contributed by atoms with Crippen molar-refractivity contribution in [3.05, 3.63) is 76.5 Å². The van der Waals surface area contributed by atoms with Gasteiger partial charge in [0.2, 0.25) is 5.91 Å². The van der Waals surface area contributed by atoms with E-state index in [-0.39, 0.29) is 18.2 Å². The van der Waals surface area contributed by atoms with Crippen LogP contribution in [0, 0.1) is 6.92 Å². The van der Waals surface area contributed by atoms with Crippen LogP contribution in [0.4, 0.5) is 11.4 Å². The zero-order valence-electron chi connectivity index (χ0n) is 15.6. The van der Waals surface area contributed by atoms with E-state index in [1.54, 1.807) is 36.3 Å². The quantitative estimate of drug-likeness (QED) is 0.657. The molecule has 0 radical (unpaired) electrons. The van der Waals surface area contributed by atoms with E-state index >= 15 is 0 Å². The Morgan fingerprint density at radius 3 is 2.50 bits per heavy atom. The fourth-order valence-corrected chi connectivity index (χ4v) is 4.30. The number of nitrogens with zero attached hydrogens (tertiary/aromatic N) is 1. The number of hydrogen-bond donors (Lipinski definition) is 1. The van der Waals surface area contributed by atoms with Crippen LogP contribution in [-0.4, -0.2) is 18.9 Å². The van der Waals surface area contributed by atoms with Gasteiger partial charge in [-0.15, -0.1) is 0 Å². The Balaban J connectivity index is 1.75. The van der Waals surface area contributed by atoms with E-state index in [2.05, 4.69) is 5.32 Å². The summed E-state index contributed by atoms with van der Waals surface area (Å²) in [6.45, 7) is 1.94. The molecule has 0 spiro atoms. The van der Waals surface area contributed by atoms with Crippen molar-refractivity contribution in [2.24, 2.45) is 0 Å². The van der Waals surface area contributed by atoms with Crippen LogP contribution in [0.15, 0.2) is 65.4 Å². The molecule has 2 aromatic carbocycles. The molecule has 1 aromatic heterocycles. The maximum atomic E-state index is 13.5. The monoisotopic (exact) mass is 392 g/mol. The van der Waals surface area contributed by atoms with Gasteiger partial charge in [0.1, 0.15) is 5.75 Å². The predicted molar refractivity (Wildman–Crippen MR) is 111 cm³/mol. The van der Waals surface area contributed by atoms with Crippen molar-refractivity contribution in [1.82, 2.24) is 0 Å². The smallest absolute Gasteiger partial charge is 0.255 e. The number of hydrogen-bond acceptors (Lipinski definition) is 4. The predicted octanol–water partition coefficient (Wildman–Crippen LogP) is 4.34. The van der Waals surface area contributed by atoms with Crippen molar-refractivity contribution in [1.29, 1.82) is 0 Å². The molecule has 1 aliphatic rings. The minimum absolute atomic E-state index is 0.0868. The van der Waals surface area contributed by atoms with Crippen LogP contribution < -0.4 is 15.0 Å². The molecule has 0 unspecified atom stereocenters. The highest BCUT2D eigenvalue weighted by molar-refractivity contribution is 7.08. The van der Waals surface area contributed by atoms with E-state index in [1.807, 2.05) is 48.0 Å². The van der Waals surface area contributed by atoms with Gasteiger partial charge in [-0.3, -0.25) is 14.5 Å². The minimum atomic E-state index is -1.06. The lowest BCUT2D eigenvalue weighted by Crippen LogP contribution is -2.67. The molecule has 2 heterocycles. The highest BCUT2D eigenvalue weighted by Gasteiger charge is 2.58. The molecule has 0 aliphatic carbocycles. The molecule has 3 aromatic rings. The van der Waals surface area contributed by atoms with Gasteiger partial charge in [-0.25, -0.2) is 0 Å². The van der Waals surface area contributed by atoms with Gasteiger partial charge in [0.15, 0.2) is 5.54 Å². The van der Waals surface area contributed by atoms with Gasteiger partial charge in [0.05, 0.1) is 13.5 Å². The summed E-state index contributed by atoms with van der Waals surface area (Å²) in [5.74, 6) is 0.397. The lowest BCUT2D eigenvalue weighted by atomic mass is 9.77. The number of carbonyl (C=O) groups is 2. The third-order valence-electron chi connectivity index (χ3n) is 5.14. The highest BCUT2D eigenvalue weighted by atomic mass is 32.1. The number of amides is 2. The van der Waals surface area contributed by atoms with E-state index in [0.29, 0.717) is 11.4 Å². The first-order valence-electron chi connectivity index (χ1n) is 8.93. The zero-order chi connectivity index (χ0) is 19.7. The fourth-order valence-electron chi connectivity index (χ4n) is 3.58. The van der Waals surface area contributed by atoms with Crippen molar-refractivity contribution in [3.63, 3.8) is 0 Å². The normalized spacial score (nSPS) is 18.5. The van der Waals surface area contributed by atoms with Crippen molar-refractivity contribution in [2.45, 2.75) is 18.9 Å². The molecule has 0 saturated carbocycles. The summed E-state index contributed by atoms with van der Waals surface area (Å²) >= 11 is 1.51. The molecule has 5 nitrogen and oxygen atoms in total. The van der Waals surface area contributed by atoms with Gasteiger partial charge in [0, 0.05) is 11.4 Å². The number of para-hydroxylation sites is 1. The van der Waals surface area contributed by atoms with Gasteiger partial charge in [-0.2, -0.15) is 11.3 Å². The van der Waals surface area contributed by atoms with Crippen LogP contribution in [0.3, 0.4) is 0 Å². The summed E-state index contributed by atoms with van der Waals surface area (Å²) in [7, 11) is 1.59. The van der Waals surface area contributed by atoms with E-state index < -0.39 is 5.54 Å². The number of ether oxygens (including phenoxy) is 1. The summed E-state index contributed by atoms with van der Waals surface area (Å²) in [6, 6.07) is 16.7. The molecule has 1 atom stereocenters. The van der Waals surface area contributed by atoms with E-state index in [4.69, 9.17) is 4.74 Å². The first kappa shape index (κ1) is 18.3. The summed E-state index contributed by atoms with van der Waals surface area (Å²) in [6.07, 6.45) is 0.132. The first-order chi connectivity index (χ1) is 13.6. The second-order valence-electron chi connectivity index (χ2n) is 6.75. The second kappa shape index (κ2) is 7.13. The van der Waals surface area contributed by atoms with Crippen LogP contribution in [0.5, 0.6) is 5.75 Å². The third kappa shape index (κ3) is 2.86. The van der Waals surface area contributed by atoms with Crippen molar-refractivity contribution in [2.75, 3.05) is 17.3 Å². The average Bonchev–Trinajstić information content (AvgIpc) is 3.23. The molecule has 1 aliphatic heterocycles. The van der Waals surface area contributed by atoms with Gasteiger partial charge in [-0.1, -0.05) is 18.2 Å². The SMILES string of the molecule is COc1ccc(N2C(=O)C[C@]2(C(=O)Nc2ccccc2C)c2ccsc2)cc1. The Morgan fingerprint density at radius 1 is 1.14 bits per heavy atom. The lowest BCUT2D eigenvalue weighted by Gasteiger charge is -2.50. The number of aryl methyl sites for hydroxylation is 1. The average molecular weight is 392 g/mol. The molecule has 28 heavy (non-hydrogen) atoms. The Hall–Kier alpha value is -3.12. The van der Waals surface area contributed by atoms with Gasteiger partial charge < -0.3 is 10.1 Å². The number of nitrogens with one attached hydrogen (secondary N) is 1. The zero-order valence-corrected chi connectivity index (χ0v) is 16.5. The summed E-state index contributed by atoms with van der Waals surface area (Å²) in [5.41, 5.74) is 2.14. The molecule has 142 valence electrons. The Labute approximate surface area is 167 Å². The van der Waals surface area contributed by atoms with Crippen molar-refractivity contribution in [3.8, 4) is 5.75 Å². The van der Waals surface area contributed by atoms with E-state index in [0.717, 1.165) is 16.8 Å². The highest BCUT2D eigenvalue weighted by Crippen LogP contribution is 2.46. The molecule has 1 saturated heterocycles. The van der Waals surface area contributed by atoms with Crippen molar-refractivity contribution >= 4 is 34.5 Å². The maximum absolute atomic E-state index is 13.5.